The Balaban J connectivity index is 3.09. The van der Waals surface area contributed by atoms with Gasteiger partial charge < -0.3 is 9.47 Å². The number of thiophene rings is 1. The predicted molar refractivity (Wildman–Crippen MR) is 81.7 cm³/mol. The Morgan fingerprint density at radius 3 is 2.10 bits per heavy atom. The average Bonchev–Trinajstić information content (AvgIpc) is 2.81. The van der Waals surface area contributed by atoms with Crippen molar-refractivity contribution in [2.75, 3.05) is 13.2 Å². The molecule has 6 heteroatoms. The van der Waals surface area contributed by atoms with E-state index in [1.807, 2.05) is 11.4 Å². The SMILES string of the molecule is CCOC(=O)C(CC)(Cc1cc(Br)cs1)C(=O)OCC. The maximum atomic E-state index is 12.3. The molecule has 0 saturated heterocycles. The maximum Gasteiger partial charge on any atom is 0.323 e. The number of carbonyl (C=O) groups excluding carboxylic acids is 2. The Labute approximate surface area is 131 Å². The first kappa shape index (κ1) is 17.2. The van der Waals surface area contributed by atoms with Crippen molar-refractivity contribution < 1.29 is 19.1 Å². The van der Waals surface area contributed by atoms with Crippen molar-refractivity contribution in [3.8, 4) is 0 Å². The van der Waals surface area contributed by atoms with Gasteiger partial charge in [0.2, 0.25) is 0 Å². The van der Waals surface area contributed by atoms with Crippen LogP contribution in [0.1, 0.15) is 32.1 Å². The molecule has 0 saturated carbocycles. The van der Waals surface area contributed by atoms with Gasteiger partial charge in [-0.3, -0.25) is 9.59 Å². The van der Waals surface area contributed by atoms with Gasteiger partial charge in [0.25, 0.3) is 0 Å². The molecule has 0 unspecified atom stereocenters. The Bertz CT molecular complexity index is 451. The van der Waals surface area contributed by atoms with Crippen LogP contribution in [0.4, 0.5) is 0 Å². The van der Waals surface area contributed by atoms with E-state index < -0.39 is 17.4 Å². The van der Waals surface area contributed by atoms with Crippen LogP contribution < -0.4 is 0 Å². The molecule has 0 bridgehead atoms. The Morgan fingerprint density at radius 2 is 1.75 bits per heavy atom. The van der Waals surface area contributed by atoms with Crippen LogP contribution in [0.5, 0.6) is 0 Å². The number of rotatable bonds is 7. The van der Waals surface area contributed by atoms with Gasteiger partial charge in [-0.15, -0.1) is 11.3 Å². The number of hydrogen-bond donors (Lipinski definition) is 0. The van der Waals surface area contributed by atoms with Gasteiger partial charge >= 0.3 is 11.9 Å². The zero-order chi connectivity index (χ0) is 15.2. The molecule has 1 rings (SSSR count). The van der Waals surface area contributed by atoms with Crippen molar-refractivity contribution in [3.05, 3.63) is 20.8 Å². The van der Waals surface area contributed by atoms with Crippen LogP contribution in [0, 0.1) is 5.41 Å². The third-order valence-electron chi connectivity index (χ3n) is 3.03. The standard InChI is InChI=1S/C14H19BrO4S/c1-4-14(12(16)18-5-2,13(17)19-6-3)8-11-7-10(15)9-20-11/h7,9H,4-6,8H2,1-3H3. The highest BCUT2D eigenvalue weighted by Gasteiger charge is 2.47. The lowest BCUT2D eigenvalue weighted by molar-refractivity contribution is -0.172. The fourth-order valence-corrected chi connectivity index (χ4v) is 3.49. The van der Waals surface area contributed by atoms with Crippen molar-refractivity contribution in [2.24, 2.45) is 5.41 Å². The van der Waals surface area contributed by atoms with Gasteiger partial charge in [-0.05, 0) is 42.3 Å². The first-order chi connectivity index (χ1) is 9.50. The summed E-state index contributed by atoms with van der Waals surface area (Å²) in [5.74, 6) is -1.02. The highest BCUT2D eigenvalue weighted by atomic mass is 79.9. The fraction of sp³-hybridized carbons (Fsp3) is 0.571. The third-order valence-corrected chi connectivity index (χ3v) is 4.73. The second-order valence-electron chi connectivity index (χ2n) is 4.28. The van der Waals surface area contributed by atoms with Crippen molar-refractivity contribution in [1.29, 1.82) is 0 Å². The molecule has 1 aromatic rings. The van der Waals surface area contributed by atoms with E-state index in [9.17, 15) is 9.59 Å². The minimum atomic E-state index is -1.25. The van der Waals surface area contributed by atoms with E-state index in [0.29, 0.717) is 12.8 Å². The lowest BCUT2D eigenvalue weighted by atomic mass is 9.81. The van der Waals surface area contributed by atoms with Crippen molar-refractivity contribution in [2.45, 2.75) is 33.6 Å². The van der Waals surface area contributed by atoms with E-state index in [4.69, 9.17) is 9.47 Å². The number of hydrogen-bond acceptors (Lipinski definition) is 5. The molecule has 0 fully saturated rings. The molecule has 0 aromatic carbocycles. The molecule has 0 aliphatic carbocycles. The summed E-state index contributed by atoms with van der Waals surface area (Å²) in [6.07, 6.45) is 0.650. The molecule has 20 heavy (non-hydrogen) atoms. The molecule has 0 radical (unpaired) electrons. The van der Waals surface area contributed by atoms with Crippen LogP contribution in [0.2, 0.25) is 0 Å². The second-order valence-corrected chi connectivity index (χ2v) is 6.20. The zero-order valence-corrected chi connectivity index (χ0v) is 14.3. The predicted octanol–water partition coefficient (Wildman–Crippen LogP) is 3.58. The molecule has 112 valence electrons. The lowest BCUT2D eigenvalue weighted by Gasteiger charge is -2.27. The summed E-state index contributed by atoms with van der Waals surface area (Å²) in [6.45, 7) is 5.75. The highest BCUT2D eigenvalue weighted by Crippen LogP contribution is 2.34. The monoisotopic (exact) mass is 362 g/mol. The Hall–Kier alpha value is -0.880. The molecular formula is C14H19BrO4S. The van der Waals surface area contributed by atoms with E-state index >= 15 is 0 Å². The van der Waals surface area contributed by atoms with Gasteiger partial charge in [-0.2, -0.15) is 0 Å². The molecule has 0 aliphatic rings. The molecule has 0 aliphatic heterocycles. The van der Waals surface area contributed by atoms with Crippen LogP contribution in [0.25, 0.3) is 0 Å². The smallest absolute Gasteiger partial charge is 0.323 e. The van der Waals surface area contributed by atoms with Crippen molar-refractivity contribution >= 4 is 39.2 Å². The molecular weight excluding hydrogens is 344 g/mol. The number of ether oxygens (including phenoxy) is 2. The third kappa shape index (κ3) is 3.82. The normalized spacial score (nSPS) is 11.2. The van der Waals surface area contributed by atoms with E-state index in [0.717, 1.165) is 9.35 Å². The summed E-state index contributed by atoms with van der Waals surface area (Å²) in [7, 11) is 0. The van der Waals surface area contributed by atoms with Crippen molar-refractivity contribution in [3.63, 3.8) is 0 Å². The summed E-state index contributed by atoms with van der Waals surface area (Å²) in [6, 6.07) is 1.91. The molecule has 0 atom stereocenters. The quantitative estimate of drug-likeness (QED) is 0.549. The van der Waals surface area contributed by atoms with Crippen molar-refractivity contribution in [1.82, 2.24) is 0 Å². The number of esters is 2. The van der Waals surface area contributed by atoms with E-state index in [1.165, 1.54) is 11.3 Å². The highest BCUT2D eigenvalue weighted by molar-refractivity contribution is 9.10. The molecule has 1 heterocycles. The first-order valence-electron chi connectivity index (χ1n) is 6.57. The molecule has 0 amide bonds. The van der Waals surface area contributed by atoms with E-state index in [1.54, 1.807) is 20.8 Å². The van der Waals surface area contributed by atoms with Gasteiger partial charge in [0.1, 0.15) is 0 Å². The molecule has 0 spiro atoms. The average molecular weight is 363 g/mol. The van der Waals surface area contributed by atoms with Gasteiger partial charge in [-0.1, -0.05) is 6.92 Å². The van der Waals surface area contributed by atoms with Gasteiger partial charge in [-0.25, -0.2) is 0 Å². The maximum absolute atomic E-state index is 12.3. The summed E-state index contributed by atoms with van der Waals surface area (Å²) in [4.78, 5) is 25.5. The summed E-state index contributed by atoms with van der Waals surface area (Å²) >= 11 is 4.88. The first-order valence-corrected chi connectivity index (χ1v) is 8.24. The topological polar surface area (TPSA) is 52.6 Å². The van der Waals surface area contributed by atoms with Gasteiger partial charge in [0.15, 0.2) is 5.41 Å². The minimum absolute atomic E-state index is 0.244. The lowest BCUT2D eigenvalue weighted by Crippen LogP contribution is -2.43. The van der Waals surface area contributed by atoms with Crippen LogP contribution in [-0.2, 0) is 25.5 Å². The van der Waals surface area contributed by atoms with Gasteiger partial charge in [0, 0.05) is 21.2 Å². The van der Waals surface area contributed by atoms with E-state index in [-0.39, 0.29) is 13.2 Å². The van der Waals surface area contributed by atoms with E-state index in [2.05, 4.69) is 15.9 Å². The second kappa shape index (κ2) is 7.78. The Kier molecular flexibility index (Phi) is 6.68. The van der Waals surface area contributed by atoms with Crippen LogP contribution >= 0.6 is 27.3 Å². The van der Waals surface area contributed by atoms with Gasteiger partial charge in [0.05, 0.1) is 13.2 Å². The molecule has 1 aromatic heterocycles. The minimum Gasteiger partial charge on any atom is -0.465 e. The zero-order valence-electron chi connectivity index (χ0n) is 11.9. The molecule has 4 nitrogen and oxygen atoms in total. The number of carbonyl (C=O) groups is 2. The molecule has 0 N–H and O–H groups in total. The number of halogens is 1. The fourth-order valence-electron chi connectivity index (χ4n) is 1.92. The summed E-state index contributed by atoms with van der Waals surface area (Å²) in [5.41, 5.74) is -1.25. The summed E-state index contributed by atoms with van der Waals surface area (Å²) in [5, 5.41) is 1.92. The van der Waals surface area contributed by atoms with Crippen LogP contribution in [-0.4, -0.2) is 25.2 Å². The largest absolute Gasteiger partial charge is 0.465 e. The summed E-state index contributed by atoms with van der Waals surface area (Å²) < 4.78 is 11.1. The Morgan fingerprint density at radius 1 is 1.20 bits per heavy atom. The van der Waals surface area contributed by atoms with Crippen LogP contribution in [0.3, 0.4) is 0 Å². The van der Waals surface area contributed by atoms with Crippen LogP contribution in [0.15, 0.2) is 15.9 Å².